The van der Waals surface area contributed by atoms with Crippen LogP contribution in [-0.2, 0) is 6.42 Å². The number of hydrogen-bond acceptors (Lipinski definition) is 1. The Morgan fingerprint density at radius 2 is 1.65 bits per heavy atom. The second kappa shape index (κ2) is 6.62. The molecule has 20 heavy (non-hydrogen) atoms. The number of hydrogen-bond donors (Lipinski definition) is 1. The van der Waals surface area contributed by atoms with Crippen LogP contribution in [0, 0.1) is 18.6 Å². The maximum atomic E-state index is 13.4. The Labute approximate surface area is 118 Å². The van der Waals surface area contributed by atoms with E-state index in [1.54, 1.807) is 24.3 Å². The monoisotopic (exact) mass is 275 g/mol. The average Bonchev–Trinajstić information content (AvgIpc) is 2.43. The van der Waals surface area contributed by atoms with Crippen molar-refractivity contribution in [3.8, 4) is 0 Å². The molecule has 1 nitrogen and oxygen atoms in total. The fourth-order valence-electron chi connectivity index (χ4n) is 2.41. The van der Waals surface area contributed by atoms with Gasteiger partial charge in [0.2, 0.25) is 0 Å². The molecule has 0 saturated carbocycles. The minimum atomic E-state index is -0.237. The summed E-state index contributed by atoms with van der Waals surface area (Å²) in [5, 5.41) is 3.15. The van der Waals surface area contributed by atoms with E-state index in [2.05, 4.69) is 5.32 Å². The Balaban J connectivity index is 2.25. The summed E-state index contributed by atoms with van der Waals surface area (Å²) in [6.45, 7) is 2.75. The molecular formula is C17H19F2N. The summed E-state index contributed by atoms with van der Waals surface area (Å²) in [6.07, 6.45) is 0.732. The van der Waals surface area contributed by atoms with Gasteiger partial charge in [0.25, 0.3) is 0 Å². The Hall–Kier alpha value is -1.74. The van der Waals surface area contributed by atoms with Crippen molar-refractivity contribution in [1.29, 1.82) is 0 Å². The summed E-state index contributed by atoms with van der Waals surface area (Å²) in [5.41, 5.74) is 3.13. The zero-order valence-electron chi connectivity index (χ0n) is 11.8. The first-order valence-electron chi connectivity index (χ1n) is 6.75. The number of likely N-dealkylation sites (N-methyl/N-ethyl adjacent to an activating group) is 1. The number of aryl methyl sites for hydroxylation is 1. The van der Waals surface area contributed by atoms with E-state index in [0.29, 0.717) is 0 Å². The first-order chi connectivity index (χ1) is 9.60. The molecule has 0 radical (unpaired) electrons. The molecule has 1 atom stereocenters. The Kier molecular flexibility index (Phi) is 4.85. The average molecular weight is 275 g/mol. The maximum absolute atomic E-state index is 13.4. The van der Waals surface area contributed by atoms with E-state index in [1.807, 2.05) is 14.0 Å². The molecule has 0 aromatic heterocycles. The summed E-state index contributed by atoms with van der Waals surface area (Å²) < 4.78 is 26.4. The fourth-order valence-corrected chi connectivity index (χ4v) is 2.41. The van der Waals surface area contributed by atoms with Crippen LogP contribution in [0.1, 0.15) is 22.6 Å². The van der Waals surface area contributed by atoms with Crippen LogP contribution in [0.4, 0.5) is 8.78 Å². The van der Waals surface area contributed by atoms with Crippen molar-refractivity contribution in [2.75, 3.05) is 13.6 Å². The first-order valence-corrected chi connectivity index (χ1v) is 6.75. The highest BCUT2D eigenvalue weighted by Gasteiger charge is 2.13. The van der Waals surface area contributed by atoms with Crippen LogP contribution in [-0.4, -0.2) is 13.6 Å². The van der Waals surface area contributed by atoms with Crippen molar-refractivity contribution in [2.24, 2.45) is 0 Å². The number of halogens is 2. The van der Waals surface area contributed by atoms with Gasteiger partial charge in [-0.15, -0.1) is 0 Å². The molecule has 0 aliphatic rings. The highest BCUT2D eigenvalue weighted by molar-refractivity contribution is 5.30. The van der Waals surface area contributed by atoms with Crippen LogP contribution >= 0.6 is 0 Å². The van der Waals surface area contributed by atoms with Crippen molar-refractivity contribution in [3.05, 3.63) is 70.8 Å². The van der Waals surface area contributed by atoms with Crippen LogP contribution in [0.2, 0.25) is 0 Å². The van der Waals surface area contributed by atoms with E-state index in [4.69, 9.17) is 0 Å². The maximum Gasteiger partial charge on any atom is 0.123 e. The van der Waals surface area contributed by atoms with Gasteiger partial charge < -0.3 is 5.32 Å². The van der Waals surface area contributed by atoms with Crippen molar-refractivity contribution in [3.63, 3.8) is 0 Å². The van der Waals surface area contributed by atoms with Crippen LogP contribution in [0.5, 0.6) is 0 Å². The van der Waals surface area contributed by atoms with Gasteiger partial charge in [-0.1, -0.05) is 18.2 Å². The molecule has 2 aromatic rings. The van der Waals surface area contributed by atoms with Gasteiger partial charge in [0, 0.05) is 12.5 Å². The summed E-state index contributed by atoms with van der Waals surface area (Å²) in [7, 11) is 1.88. The summed E-state index contributed by atoms with van der Waals surface area (Å²) in [6, 6.07) is 11.4. The molecule has 0 saturated heterocycles. The zero-order valence-corrected chi connectivity index (χ0v) is 11.8. The topological polar surface area (TPSA) is 12.0 Å². The molecular weight excluding hydrogens is 256 g/mol. The molecule has 0 aliphatic carbocycles. The molecule has 106 valence electrons. The van der Waals surface area contributed by atoms with E-state index >= 15 is 0 Å². The highest BCUT2D eigenvalue weighted by atomic mass is 19.1. The number of nitrogens with one attached hydrogen (secondary N) is 1. The van der Waals surface area contributed by atoms with E-state index in [0.717, 1.165) is 29.7 Å². The van der Waals surface area contributed by atoms with Gasteiger partial charge in [0.1, 0.15) is 11.6 Å². The minimum Gasteiger partial charge on any atom is -0.319 e. The molecule has 0 bridgehead atoms. The molecule has 2 rings (SSSR count). The highest BCUT2D eigenvalue weighted by Crippen LogP contribution is 2.23. The fraction of sp³-hybridized carbons (Fsp3) is 0.294. The first kappa shape index (κ1) is 14.7. The van der Waals surface area contributed by atoms with E-state index in [1.165, 1.54) is 18.2 Å². The molecule has 0 heterocycles. The van der Waals surface area contributed by atoms with Crippen LogP contribution in [0.25, 0.3) is 0 Å². The smallest absolute Gasteiger partial charge is 0.123 e. The molecule has 1 unspecified atom stereocenters. The lowest BCUT2D eigenvalue weighted by Gasteiger charge is -2.18. The predicted octanol–water partition coefficient (Wildman–Crippen LogP) is 3.82. The minimum absolute atomic E-state index is 0.195. The largest absolute Gasteiger partial charge is 0.319 e. The Morgan fingerprint density at radius 3 is 2.30 bits per heavy atom. The zero-order chi connectivity index (χ0) is 14.5. The third-order valence-corrected chi connectivity index (χ3v) is 3.57. The molecule has 3 heteroatoms. The predicted molar refractivity (Wildman–Crippen MR) is 77.9 cm³/mol. The SMILES string of the molecule is CNCC(Cc1cc(F)ccc1C)c1ccc(F)cc1. The molecule has 0 amide bonds. The van der Waals surface area contributed by atoms with Crippen molar-refractivity contribution >= 4 is 0 Å². The van der Waals surface area contributed by atoms with Gasteiger partial charge in [0.15, 0.2) is 0 Å². The second-order valence-electron chi connectivity index (χ2n) is 5.08. The number of benzene rings is 2. The van der Waals surface area contributed by atoms with E-state index < -0.39 is 0 Å². The van der Waals surface area contributed by atoms with Gasteiger partial charge in [-0.25, -0.2) is 8.78 Å². The molecule has 2 aromatic carbocycles. The van der Waals surface area contributed by atoms with Crippen molar-refractivity contribution in [1.82, 2.24) is 5.32 Å². The third-order valence-electron chi connectivity index (χ3n) is 3.57. The molecule has 1 N–H and O–H groups in total. The Morgan fingerprint density at radius 1 is 1.00 bits per heavy atom. The van der Waals surface area contributed by atoms with Gasteiger partial charge in [-0.2, -0.15) is 0 Å². The lowest BCUT2D eigenvalue weighted by molar-refractivity contribution is 0.601. The number of rotatable bonds is 5. The van der Waals surface area contributed by atoms with Gasteiger partial charge in [0.05, 0.1) is 0 Å². The van der Waals surface area contributed by atoms with E-state index in [-0.39, 0.29) is 17.6 Å². The van der Waals surface area contributed by atoms with Crippen molar-refractivity contribution < 1.29 is 8.78 Å². The van der Waals surface area contributed by atoms with Crippen molar-refractivity contribution in [2.45, 2.75) is 19.3 Å². The van der Waals surface area contributed by atoms with E-state index in [9.17, 15) is 8.78 Å². The lowest BCUT2D eigenvalue weighted by Crippen LogP contribution is -2.19. The van der Waals surface area contributed by atoms with Crippen LogP contribution in [0.3, 0.4) is 0 Å². The van der Waals surface area contributed by atoms with Gasteiger partial charge >= 0.3 is 0 Å². The van der Waals surface area contributed by atoms with Crippen LogP contribution < -0.4 is 5.32 Å². The summed E-state index contributed by atoms with van der Waals surface area (Å²) in [5.74, 6) is -0.257. The quantitative estimate of drug-likeness (QED) is 0.874. The summed E-state index contributed by atoms with van der Waals surface area (Å²) >= 11 is 0. The Bertz CT molecular complexity index is 564. The van der Waals surface area contributed by atoms with Gasteiger partial charge in [-0.05, 0) is 61.3 Å². The molecule has 0 aliphatic heterocycles. The van der Waals surface area contributed by atoms with Gasteiger partial charge in [-0.3, -0.25) is 0 Å². The normalized spacial score (nSPS) is 12.4. The summed E-state index contributed by atoms with van der Waals surface area (Å²) in [4.78, 5) is 0. The standard InChI is InChI=1S/C17H19F2N/c1-12-3-6-17(19)10-14(12)9-15(11-20-2)13-4-7-16(18)8-5-13/h3-8,10,15,20H,9,11H2,1-2H3. The van der Waals surface area contributed by atoms with Crippen LogP contribution in [0.15, 0.2) is 42.5 Å². The molecule has 0 fully saturated rings. The second-order valence-corrected chi connectivity index (χ2v) is 5.08. The third kappa shape index (κ3) is 3.64. The lowest BCUT2D eigenvalue weighted by atomic mass is 9.90. The molecule has 0 spiro atoms.